The number of rotatable bonds is 6. The largest absolute Gasteiger partial charge is 0.368 e. The quantitative estimate of drug-likeness (QED) is 0.361. The highest BCUT2D eigenvalue weighted by atomic mass is 16.2. The second kappa shape index (κ2) is 9.04. The van der Waals surface area contributed by atoms with Gasteiger partial charge in [-0.1, -0.05) is 13.0 Å². The van der Waals surface area contributed by atoms with Gasteiger partial charge < -0.3 is 10.6 Å². The van der Waals surface area contributed by atoms with Crippen LogP contribution in [0.5, 0.6) is 0 Å². The maximum Gasteiger partial charge on any atom is 0.333 e. The number of carbonyl (C=O) groups is 1. The van der Waals surface area contributed by atoms with Crippen LogP contribution in [-0.4, -0.2) is 52.9 Å². The van der Waals surface area contributed by atoms with Gasteiger partial charge in [-0.25, -0.2) is 14.8 Å². The first-order valence-electron chi connectivity index (χ1n) is 13.2. The third kappa shape index (κ3) is 3.79. The van der Waals surface area contributed by atoms with Crippen molar-refractivity contribution in [1.82, 2.24) is 33.9 Å². The van der Waals surface area contributed by atoms with Crippen LogP contribution in [0.2, 0.25) is 0 Å². The van der Waals surface area contributed by atoms with Crippen molar-refractivity contribution in [3.8, 4) is 16.8 Å². The lowest BCUT2D eigenvalue weighted by Gasteiger charge is -2.24. The minimum absolute atomic E-state index is 0.233. The molecule has 39 heavy (non-hydrogen) atoms. The molecular formula is C28H31N9O2. The zero-order valence-electron chi connectivity index (χ0n) is 22.5. The fourth-order valence-corrected chi connectivity index (χ4v) is 5.32. The fraction of sp³-hybridized carbons (Fsp3) is 0.357. The Balaban J connectivity index is 1.54. The Morgan fingerprint density at radius 2 is 1.79 bits per heavy atom. The Kier molecular flexibility index (Phi) is 5.74. The molecule has 2 N–H and O–H groups in total. The number of imidazole rings is 1. The van der Waals surface area contributed by atoms with Gasteiger partial charge in [0.05, 0.1) is 40.3 Å². The Morgan fingerprint density at radius 3 is 2.46 bits per heavy atom. The lowest BCUT2D eigenvalue weighted by Crippen LogP contribution is -2.43. The monoisotopic (exact) mass is 525 g/mol. The lowest BCUT2D eigenvalue weighted by molar-refractivity contribution is -0.126. The third-order valence-corrected chi connectivity index (χ3v) is 8.08. The number of primary amides is 1. The average Bonchev–Trinajstić information content (AvgIpc) is 3.67. The van der Waals surface area contributed by atoms with Crippen molar-refractivity contribution in [3.05, 3.63) is 59.2 Å². The molecule has 1 saturated heterocycles. The van der Waals surface area contributed by atoms with E-state index in [1.54, 1.807) is 40.2 Å². The van der Waals surface area contributed by atoms with Crippen molar-refractivity contribution in [1.29, 1.82) is 0 Å². The van der Waals surface area contributed by atoms with E-state index in [4.69, 9.17) is 5.73 Å². The zero-order valence-corrected chi connectivity index (χ0v) is 22.5. The molecule has 0 spiro atoms. The van der Waals surface area contributed by atoms with Crippen molar-refractivity contribution in [2.75, 3.05) is 18.0 Å². The SMILES string of the molecule is CCC(C)(C(N)=O)n1cc(-n2c(=O)n(C)c3cnc4ccc(-c5cnc(N6CCCC6)nc5)cc4c32)c(C)n1. The Bertz CT molecular complexity index is 1790. The summed E-state index contributed by atoms with van der Waals surface area (Å²) in [6.07, 6.45) is 9.91. The van der Waals surface area contributed by atoms with Crippen molar-refractivity contribution in [2.45, 2.75) is 45.6 Å². The summed E-state index contributed by atoms with van der Waals surface area (Å²) in [5.41, 5.74) is 9.63. The maximum atomic E-state index is 13.6. The van der Waals surface area contributed by atoms with Crippen molar-refractivity contribution in [3.63, 3.8) is 0 Å². The number of amides is 1. The van der Waals surface area contributed by atoms with Crippen LogP contribution in [0, 0.1) is 6.92 Å². The molecule has 5 aromatic rings. The Labute approximate surface area is 224 Å². The maximum absolute atomic E-state index is 13.6. The van der Waals surface area contributed by atoms with Gasteiger partial charge in [0.15, 0.2) is 0 Å². The molecule has 0 aliphatic carbocycles. The summed E-state index contributed by atoms with van der Waals surface area (Å²) in [4.78, 5) is 42.0. The molecule has 1 amide bonds. The highest BCUT2D eigenvalue weighted by Gasteiger charge is 2.33. The van der Waals surface area contributed by atoms with Gasteiger partial charge in [-0.2, -0.15) is 5.10 Å². The summed E-state index contributed by atoms with van der Waals surface area (Å²) in [5, 5.41) is 5.42. The van der Waals surface area contributed by atoms with E-state index >= 15 is 0 Å². The van der Waals surface area contributed by atoms with Gasteiger partial charge in [0.2, 0.25) is 11.9 Å². The van der Waals surface area contributed by atoms with E-state index in [1.807, 2.05) is 44.4 Å². The number of aryl methyl sites for hydroxylation is 2. The van der Waals surface area contributed by atoms with Gasteiger partial charge in [-0.3, -0.25) is 23.6 Å². The van der Waals surface area contributed by atoms with Crippen LogP contribution >= 0.6 is 0 Å². The van der Waals surface area contributed by atoms with Crippen LogP contribution in [-0.2, 0) is 17.4 Å². The zero-order chi connectivity index (χ0) is 27.5. The number of nitrogens with two attached hydrogens (primary N) is 1. The average molecular weight is 526 g/mol. The summed E-state index contributed by atoms with van der Waals surface area (Å²) < 4.78 is 4.79. The standard InChI is InChI=1S/C28H31N9O2/c1-5-28(3,25(29)38)36-16-23(17(2)33-36)37-24-20-12-18(8-9-21(20)30-15-22(24)34(4)27(37)39)19-13-31-26(32-14-19)35-10-6-7-11-35/h8-9,12-16H,5-7,10-11H2,1-4H3,(H2,29,38). The molecule has 4 aromatic heterocycles. The normalized spacial score (nSPS) is 15.3. The highest BCUT2D eigenvalue weighted by molar-refractivity contribution is 6.04. The molecule has 11 heteroatoms. The molecule has 0 bridgehead atoms. The van der Waals surface area contributed by atoms with E-state index in [-0.39, 0.29) is 5.69 Å². The lowest BCUT2D eigenvalue weighted by atomic mass is 9.99. The van der Waals surface area contributed by atoms with Gasteiger partial charge in [0, 0.05) is 43.5 Å². The van der Waals surface area contributed by atoms with Gasteiger partial charge in [-0.05, 0) is 50.8 Å². The number of anilines is 1. The van der Waals surface area contributed by atoms with E-state index in [0.29, 0.717) is 28.8 Å². The molecule has 1 aliphatic rings. The van der Waals surface area contributed by atoms with Crippen LogP contribution in [0.25, 0.3) is 38.8 Å². The van der Waals surface area contributed by atoms with Crippen molar-refractivity contribution < 1.29 is 4.79 Å². The highest BCUT2D eigenvalue weighted by Crippen LogP contribution is 2.31. The number of pyridine rings is 1. The van der Waals surface area contributed by atoms with Crippen LogP contribution in [0.4, 0.5) is 5.95 Å². The predicted octanol–water partition coefficient (Wildman–Crippen LogP) is 3.05. The molecule has 1 atom stereocenters. The molecule has 5 heterocycles. The van der Waals surface area contributed by atoms with Crippen LogP contribution in [0.15, 0.2) is 47.8 Å². The van der Waals surface area contributed by atoms with E-state index in [9.17, 15) is 9.59 Å². The smallest absolute Gasteiger partial charge is 0.333 e. The molecule has 0 radical (unpaired) electrons. The number of hydrogen-bond acceptors (Lipinski definition) is 7. The first-order valence-corrected chi connectivity index (χ1v) is 13.2. The van der Waals surface area contributed by atoms with Crippen LogP contribution in [0.1, 0.15) is 38.8 Å². The Morgan fingerprint density at radius 1 is 1.08 bits per heavy atom. The molecule has 1 aliphatic heterocycles. The Hall–Kier alpha value is -4.54. The van der Waals surface area contributed by atoms with E-state index < -0.39 is 11.4 Å². The van der Waals surface area contributed by atoms with Gasteiger partial charge in [0.25, 0.3) is 0 Å². The summed E-state index contributed by atoms with van der Waals surface area (Å²) in [6, 6.07) is 5.95. The molecule has 6 rings (SSSR count). The van der Waals surface area contributed by atoms with Gasteiger partial charge >= 0.3 is 5.69 Å². The number of nitrogens with zero attached hydrogens (tertiary/aromatic N) is 8. The van der Waals surface area contributed by atoms with E-state index in [0.717, 1.165) is 53.9 Å². The van der Waals surface area contributed by atoms with E-state index in [2.05, 4.69) is 25.0 Å². The molecule has 0 saturated carbocycles. The molecule has 1 fully saturated rings. The number of benzene rings is 1. The van der Waals surface area contributed by atoms with Gasteiger partial charge in [0.1, 0.15) is 5.54 Å². The summed E-state index contributed by atoms with van der Waals surface area (Å²) in [6.45, 7) is 7.42. The molecule has 11 nitrogen and oxygen atoms in total. The summed E-state index contributed by atoms with van der Waals surface area (Å²) >= 11 is 0. The molecule has 1 unspecified atom stereocenters. The van der Waals surface area contributed by atoms with Crippen molar-refractivity contribution >= 4 is 33.8 Å². The topological polar surface area (TPSA) is 130 Å². The first kappa shape index (κ1) is 24.8. The second-order valence-electron chi connectivity index (χ2n) is 10.4. The third-order valence-electron chi connectivity index (χ3n) is 8.08. The fourth-order valence-electron chi connectivity index (χ4n) is 5.32. The number of fused-ring (bicyclic) bond motifs is 3. The minimum atomic E-state index is -1.02. The van der Waals surface area contributed by atoms with E-state index in [1.165, 1.54) is 0 Å². The minimum Gasteiger partial charge on any atom is -0.368 e. The van der Waals surface area contributed by atoms with Crippen LogP contribution in [0.3, 0.4) is 0 Å². The number of aromatic nitrogens is 7. The van der Waals surface area contributed by atoms with Crippen molar-refractivity contribution in [2.24, 2.45) is 12.8 Å². The second-order valence-corrected chi connectivity index (χ2v) is 10.4. The molecular weight excluding hydrogens is 494 g/mol. The summed E-state index contributed by atoms with van der Waals surface area (Å²) in [7, 11) is 1.72. The predicted molar refractivity (Wildman–Crippen MR) is 150 cm³/mol. The number of carbonyl (C=O) groups excluding carboxylic acids is 1. The van der Waals surface area contributed by atoms with Crippen LogP contribution < -0.4 is 16.3 Å². The molecule has 1 aromatic carbocycles. The number of hydrogen-bond donors (Lipinski definition) is 1. The first-order chi connectivity index (χ1) is 18.7. The summed E-state index contributed by atoms with van der Waals surface area (Å²) in [5.74, 6) is 0.266. The molecule has 200 valence electrons. The van der Waals surface area contributed by atoms with Gasteiger partial charge in [-0.15, -0.1) is 0 Å².